The summed E-state index contributed by atoms with van der Waals surface area (Å²) in [7, 11) is 0. The molecule has 0 aliphatic heterocycles. The van der Waals surface area contributed by atoms with Crippen molar-refractivity contribution < 1.29 is 19.1 Å². The smallest absolute Gasteiger partial charge is 0.333 e. The lowest BCUT2D eigenvalue weighted by molar-refractivity contribution is -0.140. The molecule has 2 aliphatic carbocycles. The van der Waals surface area contributed by atoms with Crippen LogP contribution in [0, 0.1) is 23.7 Å². The molecule has 0 aromatic rings. The zero-order valence-electron chi connectivity index (χ0n) is 19.3. The van der Waals surface area contributed by atoms with E-state index in [1.807, 2.05) is 0 Å². The summed E-state index contributed by atoms with van der Waals surface area (Å²) < 4.78 is 10.4. The molecule has 4 nitrogen and oxygen atoms in total. The Morgan fingerprint density at radius 2 is 1.00 bits per heavy atom. The molecule has 0 heterocycles. The maximum absolute atomic E-state index is 11.4. The molecule has 4 heteroatoms. The van der Waals surface area contributed by atoms with Gasteiger partial charge in [-0.2, -0.15) is 0 Å². The molecule has 2 fully saturated rings. The molecule has 0 atom stereocenters. The number of carbonyl (C=O) groups excluding carboxylic acids is 2. The van der Waals surface area contributed by atoms with Crippen LogP contribution in [0.4, 0.5) is 0 Å². The van der Waals surface area contributed by atoms with Gasteiger partial charge in [-0.1, -0.05) is 38.8 Å². The third-order valence-electron chi connectivity index (χ3n) is 7.13. The minimum absolute atomic E-state index is 0.262. The second-order valence-corrected chi connectivity index (χ2v) is 9.68. The summed E-state index contributed by atoms with van der Waals surface area (Å²) in [4.78, 5) is 22.8. The summed E-state index contributed by atoms with van der Waals surface area (Å²) in [5.41, 5.74) is 0.966. The Kier molecular flexibility index (Phi) is 10.7. The van der Waals surface area contributed by atoms with Gasteiger partial charge < -0.3 is 9.47 Å². The Morgan fingerprint density at radius 3 is 1.30 bits per heavy atom. The average Bonchev–Trinajstić information content (AvgIpc) is 2.74. The Hall–Kier alpha value is -1.58. The van der Waals surface area contributed by atoms with Crippen LogP contribution >= 0.6 is 0 Å². The zero-order valence-corrected chi connectivity index (χ0v) is 19.3. The van der Waals surface area contributed by atoms with Crippen LogP contribution in [-0.4, -0.2) is 25.2 Å². The molecule has 170 valence electrons. The van der Waals surface area contributed by atoms with Crippen molar-refractivity contribution >= 4 is 11.9 Å². The van der Waals surface area contributed by atoms with Gasteiger partial charge in [-0.3, -0.25) is 0 Å². The molecular formula is C26H42O4. The lowest BCUT2D eigenvalue weighted by Crippen LogP contribution is -2.26. The second-order valence-electron chi connectivity index (χ2n) is 9.68. The Balaban J connectivity index is 1.53. The molecule has 0 bridgehead atoms. The third kappa shape index (κ3) is 8.65. The van der Waals surface area contributed by atoms with E-state index in [9.17, 15) is 9.59 Å². The van der Waals surface area contributed by atoms with Gasteiger partial charge in [0.2, 0.25) is 0 Å². The molecule has 0 unspecified atom stereocenters. The van der Waals surface area contributed by atoms with E-state index in [0.717, 1.165) is 36.5 Å². The molecule has 0 aromatic heterocycles. The predicted octanol–water partition coefficient (Wildman–Crippen LogP) is 6.40. The zero-order chi connectivity index (χ0) is 21.9. The maximum Gasteiger partial charge on any atom is 0.333 e. The second kappa shape index (κ2) is 13.0. The van der Waals surface area contributed by atoms with E-state index in [-0.39, 0.29) is 11.9 Å². The quantitative estimate of drug-likeness (QED) is 0.221. The molecule has 2 rings (SSSR count). The van der Waals surface area contributed by atoms with Crippen molar-refractivity contribution in [2.45, 2.75) is 90.9 Å². The Morgan fingerprint density at radius 1 is 0.667 bits per heavy atom. The summed E-state index contributed by atoms with van der Waals surface area (Å²) in [5.74, 6) is 2.93. The fourth-order valence-electron chi connectivity index (χ4n) is 5.22. The third-order valence-corrected chi connectivity index (χ3v) is 7.13. The van der Waals surface area contributed by atoms with Gasteiger partial charge in [0.25, 0.3) is 0 Å². The van der Waals surface area contributed by atoms with Crippen LogP contribution in [0.15, 0.2) is 24.3 Å². The van der Waals surface area contributed by atoms with Crippen molar-refractivity contribution in [2.24, 2.45) is 23.7 Å². The SMILES string of the molecule is C=C(C)C(=O)OCCCC1CCC(C2CCC(CCCOC(=O)C(=C)C)CC2)CC1. The van der Waals surface area contributed by atoms with E-state index in [0.29, 0.717) is 24.4 Å². The van der Waals surface area contributed by atoms with Gasteiger partial charge in [0.15, 0.2) is 0 Å². The largest absolute Gasteiger partial charge is 0.462 e. The van der Waals surface area contributed by atoms with Crippen molar-refractivity contribution in [1.82, 2.24) is 0 Å². The maximum atomic E-state index is 11.4. The number of rotatable bonds is 11. The van der Waals surface area contributed by atoms with E-state index in [1.165, 1.54) is 64.2 Å². The first-order valence-corrected chi connectivity index (χ1v) is 12.0. The van der Waals surface area contributed by atoms with E-state index in [2.05, 4.69) is 13.2 Å². The van der Waals surface area contributed by atoms with E-state index in [1.54, 1.807) is 13.8 Å². The molecule has 2 saturated carbocycles. The highest BCUT2D eigenvalue weighted by molar-refractivity contribution is 5.87. The molecule has 0 saturated heterocycles. The highest BCUT2D eigenvalue weighted by atomic mass is 16.5. The topological polar surface area (TPSA) is 52.6 Å². The summed E-state index contributed by atoms with van der Waals surface area (Å²) in [6, 6.07) is 0. The molecule has 0 amide bonds. The summed E-state index contributed by atoms with van der Waals surface area (Å²) in [5, 5.41) is 0. The minimum Gasteiger partial charge on any atom is -0.462 e. The molecule has 2 aliphatic rings. The van der Waals surface area contributed by atoms with Gasteiger partial charge in [-0.15, -0.1) is 0 Å². The number of ether oxygens (including phenoxy) is 2. The monoisotopic (exact) mass is 418 g/mol. The first-order chi connectivity index (χ1) is 14.4. The fourth-order valence-corrected chi connectivity index (χ4v) is 5.22. The molecular weight excluding hydrogens is 376 g/mol. The highest BCUT2D eigenvalue weighted by Gasteiger charge is 2.30. The Labute approximate surface area is 183 Å². The van der Waals surface area contributed by atoms with Gasteiger partial charge in [0.1, 0.15) is 0 Å². The van der Waals surface area contributed by atoms with E-state index < -0.39 is 0 Å². The van der Waals surface area contributed by atoms with Crippen LogP contribution in [0.1, 0.15) is 90.9 Å². The van der Waals surface area contributed by atoms with Gasteiger partial charge in [0, 0.05) is 11.1 Å². The molecule has 0 aromatic carbocycles. The Bertz CT molecular complexity index is 526. The standard InChI is InChI=1S/C26H42O4/c1-19(2)25(27)29-17-5-7-21-9-13-23(14-10-21)24-15-11-22(12-16-24)8-6-18-30-26(28)20(3)4/h21-24H,1,3,5-18H2,2,4H3. The van der Waals surface area contributed by atoms with Crippen molar-refractivity contribution in [1.29, 1.82) is 0 Å². The van der Waals surface area contributed by atoms with Gasteiger partial charge >= 0.3 is 11.9 Å². The predicted molar refractivity (Wildman–Crippen MR) is 121 cm³/mol. The highest BCUT2D eigenvalue weighted by Crippen LogP contribution is 2.42. The lowest BCUT2D eigenvalue weighted by atomic mass is 9.68. The van der Waals surface area contributed by atoms with Crippen LogP contribution in [0.5, 0.6) is 0 Å². The van der Waals surface area contributed by atoms with Gasteiger partial charge in [-0.05, 0) is 88.9 Å². The van der Waals surface area contributed by atoms with Crippen LogP contribution in [-0.2, 0) is 19.1 Å². The fraction of sp³-hybridized carbons (Fsp3) is 0.769. The average molecular weight is 419 g/mol. The van der Waals surface area contributed by atoms with Crippen molar-refractivity contribution in [3.8, 4) is 0 Å². The first-order valence-electron chi connectivity index (χ1n) is 12.0. The van der Waals surface area contributed by atoms with Crippen LogP contribution in [0.2, 0.25) is 0 Å². The first kappa shape index (κ1) is 24.7. The van der Waals surface area contributed by atoms with Crippen LogP contribution in [0.3, 0.4) is 0 Å². The summed E-state index contributed by atoms with van der Waals surface area (Å²) >= 11 is 0. The minimum atomic E-state index is -0.262. The van der Waals surface area contributed by atoms with Crippen molar-refractivity contribution in [3.05, 3.63) is 24.3 Å². The molecule has 0 N–H and O–H groups in total. The normalized spacial score (nSPS) is 26.6. The van der Waals surface area contributed by atoms with Crippen molar-refractivity contribution in [2.75, 3.05) is 13.2 Å². The van der Waals surface area contributed by atoms with Crippen molar-refractivity contribution in [3.63, 3.8) is 0 Å². The van der Waals surface area contributed by atoms with E-state index in [4.69, 9.17) is 9.47 Å². The van der Waals surface area contributed by atoms with Gasteiger partial charge in [-0.25, -0.2) is 9.59 Å². The summed E-state index contributed by atoms with van der Waals surface area (Å²) in [6.07, 6.45) is 15.2. The van der Waals surface area contributed by atoms with E-state index >= 15 is 0 Å². The van der Waals surface area contributed by atoms with Gasteiger partial charge in [0.05, 0.1) is 13.2 Å². The summed E-state index contributed by atoms with van der Waals surface area (Å²) in [6.45, 7) is 11.7. The number of carbonyl (C=O) groups is 2. The lowest BCUT2D eigenvalue weighted by Gasteiger charge is -2.38. The number of hydrogen-bond donors (Lipinski definition) is 0. The molecule has 0 radical (unpaired) electrons. The number of hydrogen-bond acceptors (Lipinski definition) is 4. The van der Waals surface area contributed by atoms with Crippen LogP contribution < -0.4 is 0 Å². The molecule has 0 spiro atoms. The molecule has 30 heavy (non-hydrogen) atoms. The van der Waals surface area contributed by atoms with Crippen LogP contribution in [0.25, 0.3) is 0 Å². The number of esters is 2.